The zero-order chi connectivity index (χ0) is 26.9. The van der Waals surface area contributed by atoms with Crippen LogP contribution in [0.15, 0.2) is 66.1 Å². The van der Waals surface area contributed by atoms with E-state index in [4.69, 9.17) is 21.5 Å². The van der Waals surface area contributed by atoms with Gasteiger partial charge >= 0.3 is 0 Å². The van der Waals surface area contributed by atoms with Gasteiger partial charge in [0.05, 0.1) is 18.2 Å². The Kier molecular flexibility index (Phi) is 6.31. The maximum absolute atomic E-state index is 10.5. The molecule has 9 nitrogen and oxygen atoms in total. The van der Waals surface area contributed by atoms with Crippen LogP contribution in [-0.2, 0) is 6.42 Å². The number of phenolic OH excluding ortho intramolecular Hbond substituents is 1. The molecule has 4 heterocycles. The van der Waals surface area contributed by atoms with Gasteiger partial charge in [-0.15, -0.1) is 0 Å². The van der Waals surface area contributed by atoms with E-state index in [1.807, 2.05) is 24.3 Å². The molecular weight excluding hydrogens is 508 g/mol. The van der Waals surface area contributed by atoms with E-state index in [1.54, 1.807) is 42.2 Å². The number of aromatic hydroxyl groups is 1. The summed E-state index contributed by atoms with van der Waals surface area (Å²) in [4.78, 5) is 22.2. The molecule has 10 heteroatoms. The smallest absolute Gasteiger partial charge is 0.205 e. The van der Waals surface area contributed by atoms with Crippen molar-refractivity contribution in [3.63, 3.8) is 0 Å². The molecule has 2 N–H and O–H groups in total. The zero-order valence-electron chi connectivity index (χ0n) is 21.0. The normalized spacial score (nSPS) is 14.1. The van der Waals surface area contributed by atoms with E-state index in [1.165, 1.54) is 6.20 Å². The number of benzene rings is 2. The van der Waals surface area contributed by atoms with Gasteiger partial charge in [-0.05, 0) is 54.8 Å². The average Bonchev–Trinajstić information content (AvgIpc) is 3.53. The Labute approximate surface area is 229 Å². The number of pyridine rings is 1. The van der Waals surface area contributed by atoms with Gasteiger partial charge < -0.3 is 10.4 Å². The molecule has 3 aromatic heterocycles. The third-order valence-corrected chi connectivity index (χ3v) is 7.78. The molecule has 0 fully saturated rings. The third-order valence-electron chi connectivity index (χ3n) is 6.58. The molecule has 0 aliphatic carbocycles. The minimum Gasteiger partial charge on any atom is -0.507 e. The maximum Gasteiger partial charge on any atom is 0.205 e. The van der Waals surface area contributed by atoms with Gasteiger partial charge in [-0.25, -0.2) is 19.8 Å². The Morgan fingerprint density at radius 3 is 2.90 bits per heavy atom. The summed E-state index contributed by atoms with van der Waals surface area (Å²) in [5.74, 6) is 2.21. The van der Waals surface area contributed by atoms with Crippen molar-refractivity contribution in [1.29, 1.82) is 5.26 Å². The second kappa shape index (κ2) is 10.1. The van der Waals surface area contributed by atoms with Crippen molar-refractivity contribution < 1.29 is 5.11 Å². The highest BCUT2D eigenvalue weighted by molar-refractivity contribution is 7.99. The molecule has 0 saturated carbocycles. The number of hydrogen-bond acceptors (Lipinski definition) is 8. The van der Waals surface area contributed by atoms with Crippen LogP contribution in [0.5, 0.6) is 5.75 Å². The molecule has 5 aromatic rings. The van der Waals surface area contributed by atoms with E-state index in [2.05, 4.69) is 32.7 Å². The number of hydrogen-bond donors (Lipinski definition) is 2. The Balaban J connectivity index is 1.31. The van der Waals surface area contributed by atoms with Crippen molar-refractivity contribution in [2.45, 2.75) is 24.5 Å². The summed E-state index contributed by atoms with van der Waals surface area (Å²) >= 11 is 1.70. The summed E-state index contributed by atoms with van der Waals surface area (Å²) < 4.78 is 2.14. The zero-order valence-corrected chi connectivity index (χ0v) is 21.8. The molecule has 0 radical (unpaired) electrons. The lowest BCUT2D eigenvalue weighted by molar-refractivity contribution is 0.477. The van der Waals surface area contributed by atoms with Crippen molar-refractivity contribution in [1.82, 2.24) is 24.5 Å². The van der Waals surface area contributed by atoms with Gasteiger partial charge in [0.15, 0.2) is 28.0 Å². The molecule has 190 valence electrons. The molecule has 0 amide bonds. The van der Waals surface area contributed by atoms with Gasteiger partial charge in [-0.3, -0.25) is 9.55 Å². The minimum atomic E-state index is 0.165. The fourth-order valence-corrected chi connectivity index (χ4v) is 5.74. The number of fused-ring (bicyclic) bond motifs is 3. The lowest BCUT2D eigenvalue weighted by atomic mass is 9.99. The Bertz CT molecular complexity index is 1820. The number of anilines is 1. The molecule has 1 atom stereocenters. The van der Waals surface area contributed by atoms with E-state index in [9.17, 15) is 10.4 Å². The lowest BCUT2D eigenvalue weighted by Crippen LogP contribution is -2.09. The van der Waals surface area contributed by atoms with E-state index in [0.29, 0.717) is 52.5 Å². The quantitative estimate of drug-likeness (QED) is 0.257. The first-order valence-corrected chi connectivity index (χ1v) is 13.3. The molecule has 0 saturated heterocycles. The molecule has 1 aliphatic heterocycles. The van der Waals surface area contributed by atoms with Crippen LogP contribution in [0.3, 0.4) is 0 Å². The second-order valence-corrected chi connectivity index (χ2v) is 10.2. The summed E-state index contributed by atoms with van der Waals surface area (Å²) in [5.41, 5.74) is 5.60. The number of nitrogens with zero attached hydrogens (tertiary/aromatic N) is 7. The number of thioether (sulfide) groups is 1. The summed E-state index contributed by atoms with van der Waals surface area (Å²) in [5, 5.41) is 24.1. The van der Waals surface area contributed by atoms with Crippen molar-refractivity contribution >= 4 is 34.4 Å². The molecule has 0 unspecified atom stereocenters. The number of nitrogens with one attached hydrogen (secondary N) is 1. The predicted octanol–water partition coefficient (Wildman–Crippen LogP) is 6.00. The van der Waals surface area contributed by atoms with Gasteiger partial charge in [-0.1, -0.05) is 30.0 Å². The second-order valence-electron chi connectivity index (χ2n) is 9.26. The summed E-state index contributed by atoms with van der Waals surface area (Å²) in [6.45, 7) is 10.1. The maximum atomic E-state index is 10.5. The number of phenols is 1. The number of rotatable bonds is 6. The molecule has 2 aromatic carbocycles. The summed E-state index contributed by atoms with van der Waals surface area (Å²) in [6, 6.07) is 16.9. The number of imidazole rings is 1. The van der Waals surface area contributed by atoms with E-state index in [0.717, 1.165) is 27.7 Å². The largest absolute Gasteiger partial charge is 0.507 e. The highest BCUT2D eigenvalue weighted by Gasteiger charge is 2.27. The van der Waals surface area contributed by atoms with E-state index >= 15 is 0 Å². The van der Waals surface area contributed by atoms with Gasteiger partial charge in [0.1, 0.15) is 5.75 Å². The topological polar surface area (TPSA) is 117 Å². The number of aromatic nitrogens is 5. The van der Waals surface area contributed by atoms with Crippen LogP contribution >= 0.6 is 11.8 Å². The standard InChI is InChI=1S/C29H22N8OS/c1-17-16-39-29-34-25-27(35-26(36-28(25)37(17)29)21-12-22(31-2)15-32-14-21)33-9-8-18-6-7-24(38)23(11-18)20-5-3-4-19(10-20)13-30/h3-7,10-12,14-15,17,38H,8-9,16H2,1H3,(H,33,35,36)/t17-/m1/s1. The molecule has 6 rings (SSSR count). The lowest BCUT2D eigenvalue weighted by Gasteiger charge is -2.12. The first-order chi connectivity index (χ1) is 19.0. The highest BCUT2D eigenvalue weighted by atomic mass is 32.2. The Hall–Kier alpha value is -4.93. The van der Waals surface area contributed by atoms with Crippen LogP contribution < -0.4 is 5.32 Å². The fourth-order valence-electron chi connectivity index (χ4n) is 4.64. The van der Waals surface area contributed by atoms with Crippen molar-refractivity contribution in [2.24, 2.45) is 0 Å². The third kappa shape index (κ3) is 4.63. The molecule has 39 heavy (non-hydrogen) atoms. The molecule has 0 bridgehead atoms. The molecule has 0 spiro atoms. The van der Waals surface area contributed by atoms with Crippen LogP contribution in [0, 0.1) is 17.9 Å². The Morgan fingerprint density at radius 2 is 2.05 bits per heavy atom. The van der Waals surface area contributed by atoms with Crippen molar-refractivity contribution in [2.75, 3.05) is 17.6 Å². The predicted molar refractivity (Wildman–Crippen MR) is 151 cm³/mol. The first-order valence-electron chi connectivity index (χ1n) is 12.4. The van der Waals surface area contributed by atoms with E-state index < -0.39 is 0 Å². The monoisotopic (exact) mass is 530 g/mol. The number of nitriles is 1. The van der Waals surface area contributed by atoms with E-state index in [-0.39, 0.29) is 11.8 Å². The minimum absolute atomic E-state index is 0.165. The SMILES string of the molecule is [C-]#[N+]c1cncc(-c2nc(NCCc3ccc(O)c(-c4cccc(C#N)c4)c3)c3nc4n(c3n2)[C@H](C)CS4)c1. The van der Waals surface area contributed by atoms with Crippen LogP contribution in [-0.4, -0.2) is 41.9 Å². The van der Waals surface area contributed by atoms with Gasteiger partial charge in [-0.2, -0.15) is 5.26 Å². The van der Waals surface area contributed by atoms with Gasteiger partial charge in [0.25, 0.3) is 0 Å². The first kappa shape index (κ1) is 24.4. The molecule has 1 aliphatic rings. The fraction of sp³-hybridized carbons (Fsp3) is 0.172. The van der Waals surface area contributed by atoms with Crippen LogP contribution in [0.4, 0.5) is 11.5 Å². The van der Waals surface area contributed by atoms with Crippen LogP contribution in [0.1, 0.15) is 24.1 Å². The van der Waals surface area contributed by atoms with Crippen molar-refractivity contribution in [3.05, 3.63) is 83.5 Å². The van der Waals surface area contributed by atoms with Gasteiger partial charge in [0.2, 0.25) is 5.69 Å². The summed E-state index contributed by atoms with van der Waals surface area (Å²) in [6.07, 6.45) is 3.85. The highest BCUT2D eigenvalue weighted by Crippen LogP contribution is 2.38. The summed E-state index contributed by atoms with van der Waals surface area (Å²) in [7, 11) is 0. The average molecular weight is 531 g/mol. The van der Waals surface area contributed by atoms with Crippen LogP contribution in [0.2, 0.25) is 0 Å². The van der Waals surface area contributed by atoms with Gasteiger partial charge in [0, 0.05) is 41.9 Å². The molecular formula is C29H22N8OS. The van der Waals surface area contributed by atoms with Crippen molar-refractivity contribution in [3.8, 4) is 34.3 Å². The Morgan fingerprint density at radius 1 is 1.15 bits per heavy atom. The van der Waals surface area contributed by atoms with Crippen LogP contribution in [0.25, 0.3) is 38.5 Å².